The van der Waals surface area contributed by atoms with Gasteiger partial charge in [0.05, 0.1) is 23.1 Å². The number of thiocarbonyl (C=S) groups is 2. The first-order chi connectivity index (χ1) is 10.7. The lowest BCUT2D eigenvalue weighted by Crippen LogP contribution is -2.30. The van der Waals surface area contributed by atoms with E-state index in [-0.39, 0.29) is 10.8 Å². The predicted molar refractivity (Wildman–Crippen MR) is 102 cm³/mol. The van der Waals surface area contributed by atoms with Crippen LogP contribution in [0.5, 0.6) is 0 Å². The second kappa shape index (κ2) is 5.85. The van der Waals surface area contributed by atoms with Gasteiger partial charge < -0.3 is 14.2 Å². The molecule has 2 saturated carbocycles. The van der Waals surface area contributed by atoms with E-state index < -0.39 is 0 Å². The fraction of sp³-hybridized carbons (Fsp3) is 0.667. The molecule has 0 aromatic carbocycles. The summed E-state index contributed by atoms with van der Waals surface area (Å²) in [5, 5.41) is 0. The standard InChI is InChI=1S/C18H26N2OS2/c1-17(7-8-17)15(22)19(3)11-13-5-6-14(21-13)12-20(4)16(23)18(2)9-10-18/h5-6H,7-12H2,1-4H3. The second-order valence-electron chi connectivity index (χ2n) is 7.81. The fourth-order valence-corrected chi connectivity index (χ4v) is 3.47. The van der Waals surface area contributed by atoms with Crippen LogP contribution in [0, 0.1) is 10.8 Å². The maximum atomic E-state index is 5.99. The summed E-state index contributed by atoms with van der Waals surface area (Å²) >= 11 is 11.2. The molecular weight excluding hydrogens is 324 g/mol. The minimum Gasteiger partial charge on any atom is -0.462 e. The van der Waals surface area contributed by atoms with Gasteiger partial charge in [-0.05, 0) is 37.8 Å². The van der Waals surface area contributed by atoms with E-state index >= 15 is 0 Å². The Labute approximate surface area is 150 Å². The Kier molecular flexibility index (Phi) is 4.30. The molecule has 0 N–H and O–H groups in total. The molecule has 2 aliphatic rings. The molecule has 0 amide bonds. The van der Waals surface area contributed by atoms with Gasteiger partial charge in [0.2, 0.25) is 0 Å². The SMILES string of the molecule is CN(Cc1ccc(CN(C)C(=S)C2(C)CC2)o1)C(=S)C1(C)CC1. The van der Waals surface area contributed by atoms with Crippen molar-refractivity contribution in [1.29, 1.82) is 0 Å². The first kappa shape index (κ1) is 16.9. The van der Waals surface area contributed by atoms with Crippen LogP contribution in [-0.4, -0.2) is 33.9 Å². The third kappa shape index (κ3) is 3.61. The first-order valence-corrected chi connectivity index (χ1v) is 9.14. The molecule has 0 atom stereocenters. The van der Waals surface area contributed by atoms with Crippen LogP contribution >= 0.6 is 24.4 Å². The summed E-state index contributed by atoms with van der Waals surface area (Å²) in [5.41, 5.74) is 0.483. The van der Waals surface area contributed by atoms with Gasteiger partial charge in [-0.25, -0.2) is 0 Å². The van der Waals surface area contributed by atoms with E-state index in [9.17, 15) is 0 Å². The van der Waals surface area contributed by atoms with E-state index in [1.807, 2.05) is 0 Å². The van der Waals surface area contributed by atoms with Crippen molar-refractivity contribution in [2.45, 2.75) is 52.6 Å². The maximum Gasteiger partial charge on any atom is 0.123 e. The van der Waals surface area contributed by atoms with Crippen LogP contribution in [0.1, 0.15) is 51.1 Å². The quantitative estimate of drug-likeness (QED) is 0.706. The van der Waals surface area contributed by atoms with Crippen LogP contribution in [0.3, 0.4) is 0 Å². The number of rotatable bonds is 6. The zero-order chi connectivity index (χ0) is 16.8. The molecule has 126 valence electrons. The van der Waals surface area contributed by atoms with Crippen molar-refractivity contribution in [3.8, 4) is 0 Å². The minimum absolute atomic E-state index is 0.242. The largest absolute Gasteiger partial charge is 0.462 e. The molecule has 0 saturated heterocycles. The highest BCUT2D eigenvalue weighted by Crippen LogP contribution is 2.48. The Morgan fingerprint density at radius 3 is 1.57 bits per heavy atom. The number of nitrogens with zero attached hydrogens (tertiary/aromatic N) is 2. The van der Waals surface area contributed by atoms with Crippen molar-refractivity contribution >= 4 is 34.4 Å². The van der Waals surface area contributed by atoms with Crippen LogP contribution < -0.4 is 0 Å². The molecule has 0 radical (unpaired) electrons. The van der Waals surface area contributed by atoms with Gasteiger partial charge in [-0.2, -0.15) is 0 Å². The Morgan fingerprint density at radius 2 is 1.26 bits per heavy atom. The lowest BCUT2D eigenvalue weighted by molar-refractivity contribution is 0.353. The highest BCUT2D eigenvalue weighted by molar-refractivity contribution is 7.80. The smallest absolute Gasteiger partial charge is 0.123 e. The molecule has 1 aromatic rings. The number of hydrogen-bond donors (Lipinski definition) is 0. The third-order valence-electron chi connectivity index (χ3n) is 5.23. The van der Waals surface area contributed by atoms with Gasteiger partial charge >= 0.3 is 0 Å². The molecule has 23 heavy (non-hydrogen) atoms. The van der Waals surface area contributed by atoms with Crippen molar-refractivity contribution in [3.63, 3.8) is 0 Å². The summed E-state index contributed by atoms with van der Waals surface area (Å²) in [4.78, 5) is 6.39. The van der Waals surface area contributed by atoms with Gasteiger partial charge in [0.25, 0.3) is 0 Å². The highest BCUT2D eigenvalue weighted by Gasteiger charge is 2.44. The lowest BCUT2D eigenvalue weighted by Gasteiger charge is -2.24. The Balaban J connectivity index is 1.55. The van der Waals surface area contributed by atoms with Crippen molar-refractivity contribution in [3.05, 3.63) is 23.7 Å². The monoisotopic (exact) mass is 350 g/mol. The maximum absolute atomic E-state index is 5.99. The molecular formula is C18H26N2OS2. The Bertz CT molecular complexity index is 576. The lowest BCUT2D eigenvalue weighted by atomic mass is 10.1. The summed E-state index contributed by atoms with van der Waals surface area (Å²) in [6.45, 7) is 5.96. The average molecular weight is 351 g/mol. The van der Waals surface area contributed by atoms with Gasteiger partial charge in [0, 0.05) is 24.9 Å². The summed E-state index contributed by atoms with van der Waals surface area (Å²) in [7, 11) is 4.12. The molecule has 1 heterocycles. The minimum atomic E-state index is 0.242. The molecule has 2 fully saturated rings. The summed E-state index contributed by atoms with van der Waals surface area (Å²) in [6.07, 6.45) is 4.84. The third-order valence-corrected chi connectivity index (χ3v) is 6.84. The molecule has 0 bridgehead atoms. The normalized spacial score (nSPS) is 20.0. The Hall–Kier alpha value is -0.940. The predicted octanol–water partition coefficient (Wildman–Crippen LogP) is 4.40. The highest BCUT2D eigenvalue weighted by atomic mass is 32.1. The molecule has 0 unspecified atom stereocenters. The van der Waals surface area contributed by atoms with Crippen LogP contribution in [0.4, 0.5) is 0 Å². The van der Waals surface area contributed by atoms with Gasteiger partial charge in [0.1, 0.15) is 11.5 Å². The van der Waals surface area contributed by atoms with Crippen molar-refractivity contribution in [2.75, 3.05) is 14.1 Å². The zero-order valence-corrected chi connectivity index (χ0v) is 16.1. The molecule has 0 aliphatic heterocycles. The van der Waals surface area contributed by atoms with E-state index in [2.05, 4.69) is 49.9 Å². The molecule has 5 heteroatoms. The van der Waals surface area contributed by atoms with Crippen LogP contribution in [-0.2, 0) is 13.1 Å². The molecule has 1 aromatic heterocycles. The Morgan fingerprint density at radius 1 is 0.913 bits per heavy atom. The summed E-state index contributed by atoms with van der Waals surface area (Å²) in [6, 6.07) is 4.11. The van der Waals surface area contributed by atoms with Gasteiger partial charge in [0.15, 0.2) is 0 Å². The molecule has 3 nitrogen and oxygen atoms in total. The summed E-state index contributed by atoms with van der Waals surface area (Å²) < 4.78 is 5.99. The van der Waals surface area contributed by atoms with E-state index in [1.165, 1.54) is 25.7 Å². The van der Waals surface area contributed by atoms with E-state index in [0.29, 0.717) is 0 Å². The van der Waals surface area contributed by atoms with Crippen molar-refractivity contribution < 1.29 is 4.42 Å². The van der Waals surface area contributed by atoms with E-state index in [1.54, 1.807) is 0 Å². The average Bonchev–Trinajstić information content (AvgIpc) is 3.40. The summed E-state index contributed by atoms with van der Waals surface area (Å²) in [5.74, 6) is 1.93. The van der Waals surface area contributed by atoms with E-state index in [0.717, 1.165) is 34.6 Å². The second-order valence-corrected chi connectivity index (χ2v) is 8.59. The van der Waals surface area contributed by atoms with Gasteiger partial charge in [-0.1, -0.05) is 38.3 Å². The van der Waals surface area contributed by atoms with Gasteiger partial charge in [-0.3, -0.25) is 0 Å². The van der Waals surface area contributed by atoms with Crippen LogP contribution in [0.25, 0.3) is 0 Å². The fourth-order valence-electron chi connectivity index (χ4n) is 2.93. The van der Waals surface area contributed by atoms with Crippen molar-refractivity contribution in [1.82, 2.24) is 9.80 Å². The molecule has 3 rings (SSSR count). The van der Waals surface area contributed by atoms with Crippen LogP contribution in [0.15, 0.2) is 16.5 Å². The van der Waals surface area contributed by atoms with E-state index in [4.69, 9.17) is 28.9 Å². The first-order valence-electron chi connectivity index (χ1n) is 8.32. The zero-order valence-electron chi connectivity index (χ0n) is 14.5. The topological polar surface area (TPSA) is 19.6 Å². The molecule has 0 spiro atoms. The van der Waals surface area contributed by atoms with Gasteiger partial charge in [-0.15, -0.1) is 0 Å². The number of hydrogen-bond acceptors (Lipinski definition) is 3. The van der Waals surface area contributed by atoms with Crippen LogP contribution in [0.2, 0.25) is 0 Å². The number of furan rings is 1. The molecule has 2 aliphatic carbocycles. The van der Waals surface area contributed by atoms with Crippen molar-refractivity contribution in [2.24, 2.45) is 10.8 Å².